The van der Waals surface area contributed by atoms with Gasteiger partial charge in [0.05, 0.1) is 0 Å². The molecule has 0 aliphatic carbocycles. The van der Waals surface area contributed by atoms with Gasteiger partial charge >= 0.3 is 0 Å². The molecule has 1 aromatic heterocycles. The van der Waals surface area contributed by atoms with Gasteiger partial charge in [0, 0.05) is 22.2 Å². The molecule has 0 spiro atoms. The second-order valence-electron chi connectivity index (χ2n) is 2.46. The molecule has 0 N–H and O–H groups in total. The lowest BCUT2D eigenvalue weighted by molar-refractivity contribution is -0.108. The highest BCUT2D eigenvalue weighted by Gasteiger charge is 2.09. The van der Waals surface area contributed by atoms with E-state index in [4.69, 9.17) is 11.6 Å². The van der Waals surface area contributed by atoms with Crippen molar-refractivity contribution in [2.75, 3.05) is 0 Å². The lowest BCUT2D eigenvalue weighted by Crippen LogP contribution is -1.96. The summed E-state index contributed by atoms with van der Waals surface area (Å²) in [6, 6.07) is 1.80. The third-order valence-electron chi connectivity index (χ3n) is 1.53. The van der Waals surface area contributed by atoms with Gasteiger partial charge in [0.15, 0.2) is 0 Å². The van der Waals surface area contributed by atoms with E-state index in [-0.39, 0.29) is 5.92 Å². The number of carbonyl (C=O) groups is 1. The first-order chi connectivity index (χ1) is 5.65. The maximum absolute atomic E-state index is 10.5. The van der Waals surface area contributed by atoms with E-state index in [0.29, 0.717) is 5.15 Å². The monoisotopic (exact) mass is 247 g/mol. The summed E-state index contributed by atoms with van der Waals surface area (Å²) in [6.45, 7) is 1.78. The predicted octanol–water partition coefficient (Wildman–Crippen LogP) is 2.80. The van der Waals surface area contributed by atoms with Crippen LogP contribution in [0.15, 0.2) is 16.7 Å². The Morgan fingerprint density at radius 1 is 1.75 bits per heavy atom. The normalized spacial score (nSPS) is 12.6. The van der Waals surface area contributed by atoms with E-state index in [1.165, 1.54) is 0 Å². The van der Waals surface area contributed by atoms with Crippen molar-refractivity contribution < 1.29 is 4.79 Å². The van der Waals surface area contributed by atoms with E-state index >= 15 is 0 Å². The third kappa shape index (κ3) is 2.05. The van der Waals surface area contributed by atoms with Gasteiger partial charge in [-0.15, -0.1) is 0 Å². The van der Waals surface area contributed by atoms with Gasteiger partial charge in [-0.2, -0.15) is 0 Å². The van der Waals surface area contributed by atoms with Gasteiger partial charge in [-0.05, 0) is 22.0 Å². The van der Waals surface area contributed by atoms with E-state index in [1.54, 1.807) is 19.2 Å². The average Bonchev–Trinajstić information content (AvgIpc) is 2.08. The van der Waals surface area contributed by atoms with Crippen LogP contribution in [-0.2, 0) is 4.79 Å². The van der Waals surface area contributed by atoms with Crippen molar-refractivity contribution in [1.29, 1.82) is 0 Å². The Bertz CT molecular complexity index is 303. The second-order valence-corrected chi connectivity index (χ2v) is 3.73. The van der Waals surface area contributed by atoms with Crippen molar-refractivity contribution in [3.05, 3.63) is 27.5 Å². The van der Waals surface area contributed by atoms with Gasteiger partial charge in [0.25, 0.3) is 0 Å². The molecular formula is C8H7BrClNO. The number of nitrogens with zero attached hydrogens (tertiary/aromatic N) is 1. The highest BCUT2D eigenvalue weighted by atomic mass is 79.9. The van der Waals surface area contributed by atoms with Crippen molar-refractivity contribution in [2.24, 2.45) is 0 Å². The molecule has 0 fully saturated rings. The highest BCUT2D eigenvalue weighted by molar-refractivity contribution is 9.10. The number of aldehydes is 1. The number of carbonyl (C=O) groups excluding carboxylic acids is 1. The van der Waals surface area contributed by atoms with Crippen LogP contribution in [0, 0.1) is 0 Å². The summed E-state index contributed by atoms with van der Waals surface area (Å²) in [5.74, 6) is -0.206. The minimum absolute atomic E-state index is 0.206. The third-order valence-corrected chi connectivity index (χ3v) is 2.28. The van der Waals surface area contributed by atoms with Crippen LogP contribution in [0.25, 0.3) is 0 Å². The van der Waals surface area contributed by atoms with Crippen molar-refractivity contribution >= 4 is 33.8 Å². The van der Waals surface area contributed by atoms with E-state index < -0.39 is 0 Å². The van der Waals surface area contributed by atoms with Gasteiger partial charge < -0.3 is 4.79 Å². The summed E-state index contributed by atoms with van der Waals surface area (Å²) in [4.78, 5) is 14.4. The van der Waals surface area contributed by atoms with Gasteiger partial charge in [-0.25, -0.2) is 4.98 Å². The Balaban J connectivity index is 3.12. The number of rotatable bonds is 2. The molecule has 2 nitrogen and oxygen atoms in total. The zero-order valence-corrected chi connectivity index (χ0v) is 8.76. The molecule has 1 atom stereocenters. The van der Waals surface area contributed by atoms with Gasteiger partial charge in [-0.1, -0.05) is 18.5 Å². The molecule has 0 saturated heterocycles. The Labute approximate surface area is 84.1 Å². The minimum atomic E-state index is -0.206. The molecule has 0 bridgehead atoms. The second kappa shape index (κ2) is 4.01. The Morgan fingerprint density at radius 2 is 2.42 bits per heavy atom. The number of aromatic nitrogens is 1. The van der Waals surface area contributed by atoms with Crippen molar-refractivity contribution in [3.63, 3.8) is 0 Å². The summed E-state index contributed by atoms with van der Waals surface area (Å²) in [7, 11) is 0. The van der Waals surface area contributed by atoms with Crippen LogP contribution in [0.5, 0.6) is 0 Å². The summed E-state index contributed by atoms with van der Waals surface area (Å²) in [5, 5.41) is 0.387. The largest absolute Gasteiger partial charge is 0.303 e. The van der Waals surface area contributed by atoms with E-state index in [9.17, 15) is 4.79 Å². The number of hydrogen-bond acceptors (Lipinski definition) is 2. The standard InChI is InChI=1S/C8H7BrClNO/c1-5(4-12)7-2-6(9)3-11-8(7)10/h2-5H,1H3. The van der Waals surface area contributed by atoms with Gasteiger partial charge in [-0.3, -0.25) is 0 Å². The molecule has 0 amide bonds. The number of halogens is 2. The predicted molar refractivity (Wildman–Crippen MR) is 51.4 cm³/mol. The van der Waals surface area contributed by atoms with E-state index in [0.717, 1.165) is 16.3 Å². The average molecular weight is 249 g/mol. The molecule has 0 aromatic carbocycles. The first-order valence-corrected chi connectivity index (χ1v) is 4.58. The molecule has 0 aliphatic heterocycles. The molecule has 0 aliphatic rings. The van der Waals surface area contributed by atoms with Gasteiger partial charge in [0.2, 0.25) is 0 Å². The van der Waals surface area contributed by atoms with Crippen LogP contribution in [0.4, 0.5) is 0 Å². The van der Waals surface area contributed by atoms with Crippen LogP contribution in [0.3, 0.4) is 0 Å². The first kappa shape index (κ1) is 9.68. The SMILES string of the molecule is CC(C=O)c1cc(Br)cnc1Cl. The quantitative estimate of drug-likeness (QED) is 0.595. The maximum Gasteiger partial charge on any atom is 0.132 e. The number of hydrogen-bond donors (Lipinski definition) is 0. The molecule has 1 unspecified atom stereocenters. The van der Waals surface area contributed by atoms with Crippen LogP contribution in [0.2, 0.25) is 5.15 Å². The van der Waals surface area contributed by atoms with Gasteiger partial charge in [0.1, 0.15) is 11.4 Å². The fourth-order valence-corrected chi connectivity index (χ4v) is 1.46. The molecule has 0 saturated carbocycles. The smallest absolute Gasteiger partial charge is 0.132 e. The lowest BCUT2D eigenvalue weighted by Gasteiger charge is -2.05. The molecule has 1 heterocycles. The fourth-order valence-electron chi connectivity index (χ4n) is 0.831. The Hall–Kier alpha value is -0.410. The number of pyridine rings is 1. The lowest BCUT2D eigenvalue weighted by atomic mass is 10.1. The van der Waals surface area contributed by atoms with Crippen molar-refractivity contribution in [1.82, 2.24) is 4.98 Å². The molecule has 1 rings (SSSR count). The zero-order chi connectivity index (χ0) is 9.14. The van der Waals surface area contributed by atoms with Crippen LogP contribution < -0.4 is 0 Å². The maximum atomic E-state index is 10.5. The summed E-state index contributed by atoms with van der Waals surface area (Å²) in [5.41, 5.74) is 0.751. The zero-order valence-electron chi connectivity index (χ0n) is 6.42. The molecule has 12 heavy (non-hydrogen) atoms. The van der Waals surface area contributed by atoms with Crippen LogP contribution in [0.1, 0.15) is 18.4 Å². The fraction of sp³-hybridized carbons (Fsp3) is 0.250. The summed E-state index contributed by atoms with van der Waals surface area (Å²) < 4.78 is 0.829. The molecular weight excluding hydrogens is 241 g/mol. The van der Waals surface area contributed by atoms with E-state index in [1.807, 2.05) is 0 Å². The van der Waals surface area contributed by atoms with Crippen molar-refractivity contribution in [2.45, 2.75) is 12.8 Å². The summed E-state index contributed by atoms with van der Waals surface area (Å²) in [6.07, 6.45) is 2.44. The van der Waals surface area contributed by atoms with Crippen LogP contribution >= 0.6 is 27.5 Å². The minimum Gasteiger partial charge on any atom is -0.303 e. The molecule has 64 valence electrons. The molecule has 4 heteroatoms. The van der Waals surface area contributed by atoms with E-state index in [2.05, 4.69) is 20.9 Å². The first-order valence-electron chi connectivity index (χ1n) is 3.41. The topological polar surface area (TPSA) is 30.0 Å². The molecule has 1 aromatic rings. The molecule has 0 radical (unpaired) electrons. The summed E-state index contributed by atoms with van der Waals surface area (Å²) >= 11 is 9.04. The Kier molecular flexibility index (Phi) is 3.23. The highest BCUT2D eigenvalue weighted by Crippen LogP contribution is 2.23. The van der Waals surface area contributed by atoms with Crippen LogP contribution in [-0.4, -0.2) is 11.3 Å². The Morgan fingerprint density at radius 3 is 3.00 bits per heavy atom. The van der Waals surface area contributed by atoms with Crippen molar-refractivity contribution in [3.8, 4) is 0 Å².